The Labute approximate surface area is 171 Å². The molecular formula is C21H38O4SeSi. The van der Waals surface area contributed by atoms with Crippen molar-refractivity contribution in [2.45, 2.75) is 97.8 Å². The van der Waals surface area contributed by atoms with Gasteiger partial charge < -0.3 is 0 Å². The van der Waals surface area contributed by atoms with Crippen LogP contribution in [0.4, 0.5) is 0 Å². The summed E-state index contributed by atoms with van der Waals surface area (Å²) in [5, 5.41) is 0.119. The van der Waals surface area contributed by atoms with Gasteiger partial charge in [-0.2, -0.15) is 0 Å². The van der Waals surface area contributed by atoms with Crippen molar-refractivity contribution in [1.29, 1.82) is 0 Å². The molecule has 0 aromatic carbocycles. The third-order valence-electron chi connectivity index (χ3n) is 7.50. The van der Waals surface area contributed by atoms with Crippen molar-refractivity contribution in [3.8, 4) is 0 Å². The van der Waals surface area contributed by atoms with Crippen LogP contribution in [0.5, 0.6) is 0 Å². The molecule has 6 atom stereocenters. The van der Waals surface area contributed by atoms with Gasteiger partial charge in [-0.25, -0.2) is 0 Å². The summed E-state index contributed by atoms with van der Waals surface area (Å²) in [6.45, 7) is 22.5. The summed E-state index contributed by atoms with van der Waals surface area (Å²) >= 11 is -2.75. The Morgan fingerprint density at radius 2 is 1.74 bits per heavy atom. The Morgan fingerprint density at radius 3 is 2.22 bits per heavy atom. The average Bonchev–Trinajstić information content (AvgIpc) is 2.80. The third-order valence-corrected chi connectivity index (χ3v) is 13.6. The van der Waals surface area contributed by atoms with Gasteiger partial charge in [0.05, 0.1) is 0 Å². The Balaban J connectivity index is 2.04. The maximum absolute atomic E-state index is 12.5. The minimum absolute atomic E-state index is 0.0319. The van der Waals surface area contributed by atoms with Gasteiger partial charge in [-0.05, 0) is 0 Å². The quantitative estimate of drug-likeness (QED) is 0.427. The fourth-order valence-corrected chi connectivity index (χ4v) is 8.04. The molecule has 3 aliphatic carbocycles. The molecule has 0 aromatic heterocycles. The Bertz CT molecular complexity index is 658. The predicted molar refractivity (Wildman–Crippen MR) is 111 cm³/mol. The molecule has 6 heteroatoms. The molecule has 0 N–H and O–H groups in total. The predicted octanol–water partition coefficient (Wildman–Crippen LogP) is 5.22. The van der Waals surface area contributed by atoms with Crippen molar-refractivity contribution in [3.05, 3.63) is 12.2 Å². The second kappa shape index (κ2) is 6.33. The molecule has 4 aliphatic rings. The van der Waals surface area contributed by atoms with Gasteiger partial charge in [-0.15, -0.1) is 0 Å². The number of rotatable bonds is 3. The first-order valence-electron chi connectivity index (χ1n) is 10.2. The van der Waals surface area contributed by atoms with Crippen molar-refractivity contribution in [2.75, 3.05) is 0 Å². The van der Waals surface area contributed by atoms with Gasteiger partial charge in [0.25, 0.3) is 0 Å². The van der Waals surface area contributed by atoms with E-state index in [1.165, 1.54) is 0 Å². The second-order valence-corrected chi connectivity index (χ2v) is 18.3. The second-order valence-electron chi connectivity index (χ2n) is 11.9. The van der Waals surface area contributed by atoms with Gasteiger partial charge in [0.15, 0.2) is 0 Å². The molecule has 4 nitrogen and oxygen atoms in total. The molecule has 1 aliphatic heterocycles. The fraction of sp³-hybridized carbons (Fsp3) is 0.905. The van der Waals surface area contributed by atoms with Crippen LogP contribution in [0, 0.1) is 22.7 Å². The molecule has 27 heavy (non-hydrogen) atoms. The van der Waals surface area contributed by atoms with Crippen molar-refractivity contribution < 1.29 is 15.9 Å². The van der Waals surface area contributed by atoms with Crippen molar-refractivity contribution in [1.82, 2.24) is 0 Å². The van der Waals surface area contributed by atoms with Crippen LogP contribution in [-0.4, -0.2) is 40.6 Å². The number of allylic oxidation sites excluding steroid dienone is 1. The fourth-order valence-electron chi connectivity index (χ4n) is 4.69. The first-order valence-corrected chi connectivity index (χ1v) is 15.2. The summed E-state index contributed by atoms with van der Waals surface area (Å²) < 4.78 is 31.6. The van der Waals surface area contributed by atoms with E-state index in [0.717, 1.165) is 6.42 Å². The SMILES string of the molecule is CC(C)(C)/C=C/[C@]12O[Se](=O)O[C@H]1[C@H](O[Si](C)(C)C(C)(C)C)[C@H]1C[C@@H]2C1(C)C. The first-order chi connectivity index (χ1) is 12.0. The molecule has 1 saturated heterocycles. The molecule has 2 bridgehead atoms. The molecular weight excluding hydrogens is 423 g/mol. The topological polar surface area (TPSA) is 44.8 Å². The average molecular weight is 462 g/mol. The zero-order chi connectivity index (χ0) is 20.6. The monoisotopic (exact) mass is 462 g/mol. The molecule has 4 fully saturated rings. The van der Waals surface area contributed by atoms with E-state index >= 15 is 0 Å². The van der Waals surface area contributed by atoms with Crippen molar-refractivity contribution >= 4 is 22.8 Å². The third kappa shape index (κ3) is 3.49. The number of hydrogen-bond donors (Lipinski definition) is 0. The minimum atomic E-state index is -2.75. The van der Waals surface area contributed by atoms with E-state index in [9.17, 15) is 3.83 Å². The summed E-state index contributed by atoms with van der Waals surface area (Å²) in [6.07, 6.45) is 5.11. The maximum atomic E-state index is 12.5. The van der Waals surface area contributed by atoms with E-state index in [0.29, 0.717) is 11.8 Å². The molecule has 0 radical (unpaired) electrons. The zero-order valence-electron chi connectivity index (χ0n) is 18.7. The van der Waals surface area contributed by atoms with Gasteiger partial charge in [0.2, 0.25) is 0 Å². The van der Waals surface area contributed by atoms with E-state index in [4.69, 9.17) is 12.1 Å². The van der Waals surface area contributed by atoms with E-state index < -0.39 is 28.4 Å². The van der Waals surface area contributed by atoms with Crippen LogP contribution in [0.25, 0.3) is 0 Å². The van der Waals surface area contributed by atoms with E-state index in [2.05, 4.69) is 80.6 Å². The number of hydrogen-bond acceptors (Lipinski definition) is 4. The van der Waals surface area contributed by atoms with Crippen LogP contribution in [0.2, 0.25) is 18.1 Å². The van der Waals surface area contributed by atoms with E-state index in [-0.39, 0.29) is 28.1 Å². The standard InChI is InChI=1S/C21H38O4SeSi/c1-18(2,3)11-12-21-15-13-14(20(15,7)8)16(17(21)23-26(22)25-21)24-27(9,10)19(4,5)6/h11-12,14-17H,13H2,1-10H3/b12-11+/t14-,15-,16-,17+,21-,26?/m1/s1. The molecule has 0 amide bonds. The van der Waals surface area contributed by atoms with Gasteiger partial charge in [0, 0.05) is 0 Å². The molecule has 3 saturated carbocycles. The summed E-state index contributed by atoms with van der Waals surface area (Å²) in [6, 6.07) is 0. The van der Waals surface area contributed by atoms with Crippen LogP contribution in [0.3, 0.4) is 0 Å². The van der Waals surface area contributed by atoms with Gasteiger partial charge in [0.1, 0.15) is 0 Å². The summed E-state index contributed by atoms with van der Waals surface area (Å²) in [5.41, 5.74) is -0.500. The first kappa shape index (κ1) is 21.9. The van der Waals surface area contributed by atoms with E-state index in [1.54, 1.807) is 0 Å². The summed E-state index contributed by atoms with van der Waals surface area (Å²) in [4.78, 5) is 0. The summed E-state index contributed by atoms with van der Waals surface area (Å²) in [7, 11) is -1.99. The normalized spacial score (nSPS) is 41.5. The van der Waals surface area contributed by atoms with Crippen LogP contribution in [0.15, 0.2) is 12.2 Å². The van der Waals surface area contributed by atoms with E-state index in [1.807, 2.05) is 0 Å². The van der Waals surface area contributed by atoms with Gasteiger partial charge >= 0.3 is 171 Å². The Hall–Kier alpha value is 0.156. The molecule has 4 rings (SSSR count). The van der Waals surface area contributed by atoms with Crippen LogP contribution < -0.4 is 0 Å². The molecule has 0 spiro atoms. The molecule has 1 heterocycles. The Morgan fingerprint density at radius 1 is 1.15 bits per heavy atom. The van der Waals surface area contributed by atoms with Crippen LogP contribution in [0.1, 0.15) is 61.8 Å². The van der Waals surface area contributed by atoms with Gasteiger partial charge in [-0.3, -0.25) is 0 Å². The van der Waals surface area contributed by atoms with Crippen LogP contribution >= 0.6 is 0 Å². The van der Waals surface area contributed by atoms with Crippen molar-refractivity contribution in [3.63, 3.8) is 0 Å². The van der Waals surface area contributed by atoms with Gasteiger partial charge in [-0.1, -0.05) is 0 Å². The molecule has 1 unspecified atom stereocenters. The van der Waals surface area contributed by atoms with Crippen LogP contribution in [-0.2, 0) is 15.9 Å². The van der Waals surface area contributed by atoms with Crippen molar-refractivity contribution in [2.24, 2.45) is 22.7 Å². The zero-order valence-corrected chi connectivity index (χ0v) is 21.4. The summed E-state index contributed by atoms with van der Waals surface area (Å²) in [5.74, 6) is 0.749. The molecule has 0 aromatic rings. The Kier molecular flexibility index (Phi) is 5.12. The molecule has 156 valence electrons.